The molecule has 2 aromatic rings. The van der Waals surface area contributed by atoms with Crippen molar-refractivity contribution in [1.29, 1.82) is 0 Å². The fourth-order valence-corrected chi connectivity index (χ4v) is 3.73. The summed E-state index contributed by atoms with van der Waals surface area (Å²) in [4.78, 5) is 4.25. The second kappa shape index (κ2) is 5.31. The lowest BCUT2D eigenvalue weighted by molar-refractivity contribution is 0.368. The Labute approximate surface area is 123 Å². The summed E-state index contributed by atoms with van der Waals surface area (Å²) in [5, 5.41) is 1.26. The van der Waals surface area contributed by atoms with Crippen LogP contribution in [0.2, 0.25) is 0 Å². The SMILES string of the molecule is NCc1ccc2c(c1)S(=O)(=O)C=C2COc1cccnc1. The maximum atomic E-state index is 12.2. The second-order valence-corrected chi connectivity index (χ2v) is 6.47. The molecular weight excluding hydrogens is 288 g/mol. The number of nitrogens with zero attached hydrogens (tertiary/aromatic N) is 1. The summed E-state index contributed by atoms with van der Waals surface area (Å²) >= 11 is 0. The number of fused-ring (bicyclic) bond motifs is 1. The quantitative estimate of drug-likeness (QED) is 0.930. The molecule has 0 bridgehead atoms. The topological polar surface area (TPSA) is 82.3 Å². The van der Waals surface area contributed by atoms with Gasteiger partial charge in [-0.25, -0.2) is 8.42 Å². The molecule has 1 aromatic heterocycles. The highest BCUT2D eigenvalue weighted by atomic mass is 32.2. The third-order valence-electron chi connectivity index (χ3n) is 3.26. The third-order valence-corrected chi connectivity index (χ3v) is 4.81. The Kier molecular flexibility index (Phi) is 3.48. The zero-order valence-corrected chi connectivity index (χ0v) is 12.0. The van der Waals surface area contributed by atoms with Crippen LogP contribution in [0.4, 0.5) is 0 Å². The lowest BCUT2D eigenvalue weighted by atomic mass is 10.1. The van der Waals surface area contributed by atoms with Crippen molar-refractivity contribution >= 4 is 15.4 Å². The number of ether oxygens (including phenoxy) is 1. The van der Waals surface area contributed by atoms with Gasteiger partial charge in [-0.15, -0.1) is 0 Å². The van der Waals surface area contributed by atoms with E-state index < -0.39 is 9.84 Å². The highest BCUT2D eigenvalue weighted by Crippen LogP contribution is 2.34. The predicted molar refractivity (Wildman–Crippen MR) is 79.2 cm³/mol. The first-order valence-electron chi connectivity index (χ1n) is 6.42. The van der Waals surface area contributed by atoms with E-state index in [0.717, 1.165) is 5.56 Å². The minimum atomic E-state index is -3.40. The van der Waals surface area contributed by atoms with Crippen molar-refractivity contribution in [1.82, 2.24) is 4.98 Å². The molecule has 0 fully saturated rings. The van der Waals surface area contributed by atoms with E-state index in [0.29, 0.717) is 28.3 Å². The second-order valence-electron chi connectivity index (χ2n) is 4.70. The van der Waals surface area contributed by atoms with E-state index >= 15 is 0 Å². The molecule has 2 N–H and O–H groups in total. The third kappa shape index (κ3) is 2.68. The Morgan fingerprint density at radius 2 is 2.10 bits per heavy atom. The average molecular weight is 302 g/mol. The molecule has 1 aromatic carbocycles. The number of nitrogens with two attached hydrogens (primary N) is 1. The van der Waals surface area contributed by atoms with Gasteiger partial charge in [-0.2, -0.15) is 0 Å². The number of pyridine rings is 1. The minimum absolute atomic E-state index is 0.180. The van der Waals surface area contributed by atoms with E-state index in [1.54, 1.807) is 36.7 Å². The summed E-state index contributed by atoms with van der Waals surface area (Å²) in [6, 6.07) is 8.77. The monoisotopic (exact) mass is 302 g/mol. The van der Waals surface area contributed by atoms with Crippen molar-refractivity contribution in [3.63, 3.8) is 0 Å². The van der Waals surface area contributed by atoms with E-state index in [1.807, 2.05) is 6.07 Å². The fraction of sp³-hybridized carbons (Fsp3) is 0.133. The van der Waals surface area contributed by atoms with Crippen LogP contribution in [-0.4, -0.2) is 20.0 Å². The van der Waals surface area contributed by atoms with E-state index in [9.17, 15) is 8.42 Å². The molecule has 5 nitrogen and oxygen atoms in total. The van der Waals surface area contributed by atoms with Crippen LogP contribution in [0.5, 0.6) is 5.75 Å². The van der Waals surface area contributed by atoms with Crippen LogP contribution < -0.4 is 10.5 Å². The predicted octanol–water partition coefficient (Wildman–Crippen LogP) is 1.75. The first-order valence-corrected chi connectivity index (χ1v) is 7.96. The maximum Gasteiger partial charge on any atom is 0.200 e. The van der Waals surface area contributed by atoms with Gasteiger partial charge in [-0.1, -0.05) is 12.1 Å². The molecule has 0 amide bonds. The highest BCUT2D eigenvalue weighted by Gasteiger charge is 2.27. The van der Waals surface area contributed by atoms with Gasteiger partial charge in [0.2, 0.25) is 9.84 Å². The summed E-state index contributed by atoms with van der Waals surface area (Å²) in [6.45, 7) is 0.490. The van der Waals surface area contributed by atoms with Gasteiger partial charge >= 0.3 is 0 Å². The minimum Gasteiger partial charge on any atom is -0.487 e. The first kappa shape index (κ1) is 13.8. The molecule has 0 unspecified atom stereocenters. The van der Waals surface area contributed by atoms with Gasteiger partial charge in [-0.05, 0) is 23.8 Å². The Hall–Kier alpha value is -2.18. The molecule has 3 rings (SSSR count). The highest BCUT2D eigenvalue weighted by molar-refractivity contribution is 7.95. The standard InChI is InChI=1S/C15H14N2O3S/c16-7-11-3-4-14-12(10-21(18,19)15(14)6-11)9-20-13-2-1-5-17-8-13/h1-6,8,10H,7,9,16H2. The summed E-state index contributed by atoms with van der Waals surface area (Å²) in [5.74, 6) is 0.600. The van der Waals surface area contributed by atoms with E-state index in [4.69, 9.17) is 10.5 Å². The molecule has 6 heteroatoms. The van der Waals surface area contributed by atoms with Crippen LogP contribution in [0.1, 0.15) is 11.1 Å². The average Bonchev–Trinajstić information content (AvgIpc) is 2.77. The van der Waals surface area contributed by atoms with Gasteiger partial charge in [-0.3, -0.25) is 4.98 Å². The molecule has 1 aliphatic heterocycles. The number of hydrogen-bond acceptors (Lipinski definition) is 5. The van der Waals surface area contributed by atoms with Crippen LogP contribution in [0.15, 0.2) is 53.0 Å². The van der Waals surface area contributed by atoms with Crippen molar-refractivity contribution in [2.75, 3.05) is 6.61 Å². The summed E-state index contributed by atoms with van der Waals surface area (Å²) in [7, 11) is -3.40. The van der Waals surface area contributed by atoms with Gasteiger partial charge < -0.3 is 10.5 Å². The van der Waals surface area contributed by atoms with Crippen molar-refractivity contribution in [2.24, 2.45) is 5.73 Å². The Morgan fingerprint density at radius 3 is 2.81 bits per heavy atom. The Balaban J connectivity index is 1.89. The van der Waals surface area contributed by atoms with Crippen LogP contribution in [0.3, 0.4) is 0 Å². The molecule has 2 heterocycles. The van der Waals surface area contributed by atoms with Crippen molar-refractivity contribution in [2.45, 2.75) is 11.4 Å². The summed E-state index contributed by atoms with van der Waals surface area (Å²) in [6.07, 6.45) is 3.23. The molecular formula is C15H14N2O3S. The number of aromatic nitrogens is 1. The maximum absolute atomic E-state index is 12.2. The molecule has 0 radical (unpaired) electrons. The lowest BCUT2D eigenvalue weighted by Gasteiger charge is -2.08. The van der Waals surface area contributed by atoms with Gasteiger partial charge in [0, 0.05) is 29.3 Å². The van der Waals surface area contributed by atoms with Gasteiger partial charge in [0.25, 0.3) is 0 Å². The summed E-state index contributed by atoms with van der Waals surface area (Å²) in [5.41, 5.74) is 7.66. The lowest BCUT2D eigenvalue weighted by Crippen LogP contribution is -2.02. The van der Waals surface area contributed by atoms with Crippen molar-refractivity contribution in [3.05, 3.63) is 59.3 Å². The van der Waals surface area contributed by atoms with E-state index in [2.05, 4.69) is 4.98 Å². The Morgan fingerprint density at radius 1 is 1.24 bits per heavy atom. The van der Waals surface area contributed by atoms with Crippen molar-refractivity contribution < 1.29 is 13.2 Å². The smallest absolute Gasteiger partial charge is 0.200 e. The molecule has 0 spiro atoms. The number of benzene rings is 1. The molecule has 0 aliphatic carbocycles. The molecule has 0 atom stereocenters. The largest absolute Gasteiger partial charge is 0.487 e. The zero-order chi connectivity index (χ0) is 14.9. The molecule has 0 saturated carbocycles. The number of hydrogen-bond donors (Lipinski definition) is 1. The van der Waals surface area contributed by atoms with Crippen LogP contribution in [0, 0.1) is 0 Å². The molecule has 108 valence electrons. The Bertz CT molecular complexity index is 799. The van der Waals surface area contributed by atoms with Gasteiger partial charge in [0.05, 0.1) is 11.1 Å². The van der Waals surface area contributed by atoms with Gasteiger partial charge in [0.1, 0.15) is 12.4 Å². The van der Waals surface area contributed by atoms with Gasteiger partial charge in [0.15, 0.2) is 0 Å². The van der Waals surface area contributed by atoms with Crippen LogP contribution in [-0.2, 0) is 16.4 Å². The zero-order valence-electron chi connectivity index (χ0n) is 11.2. The van der Waals surface area contributed by atoms with Crippen LogP contribution >= 0.6 is 0 Å². The normalized spacial score (nSPS) is 15.4. The molecule has 21 heavy (non-hydrogen) atoms. The first-order chi connectivity index (χ1) is 10.1. The van der Waals surface area contributed by atoms with Crippen LogP contribution in [0.25, 0.3) is 5.57 Å². The van der Waals surface area contributed by atoms with E-state index in [1.165, 1.54) is 5.41 Å². The van der Waals surface area contributed by atoms with E-state index in [-0.39, 0.29) is 6.61 Å². The number of rotatable bonds is 4. The molecule has 1 aliphatic rings. The fourth-order valence-electron chi connectivity index (χ4n) is 2.21. The van der Waals surface area contributed by atoms with Crippen molar-refractivity contribution in [3.8, 4) is 5.75 Å². The number of sulfone groups is 1. The summed E-state index contributed by atoms with van der Waals surface area (Å²) < 4.78 is 29.9. The molecule has 0 saturated heterocycles.